The molecule has 0 radical (unpaired) electrons. The summed E-state index contributed by atoms with van der Waals surface area (Å²) in [6, 6.07) is 7.60. The van der Waals surface area contributed by atoms with Crippen LogP contribution in [0.15, 0.2) is 18.2 Å². The van der Waals surface area contributed by atoms with Crippen molar-refractivity contribution in [3.63, 3.8) is 0 Å². The lowest BCUT2D eigenvalue weighted by molar-refractivity contribution is 0.178. The summed E-state index contributed by atoms with van der Waals surface area (Å²) in [6.07, 6.45) is 7.74. The van der Waals surface area contributed by atoms with Crippen molar-refractivity contribution < 1.29 is 0 Å². The van der Waals surface area contributed by atoms with Gasteiger partial charge in [-0.05, 0) is 68.2 Å². The number of nitrogens with two attached hydrogens (primary N) is 1. The van der Waals surface area contributed by atoms with Crippen LogP contribution in [0.5, 0.6) is 0 Å². The molecule has 2 N–H and O–H groups in total. The summed E-state index contributed by atoms with van der Waals surface area (Å²) >= 11 is 0. The third kappa shape index (κ3) is 3.18. The molecule has 2 aliphatic carbocycles. The van der Waals surface area contributed by atoms with Crippen LogP contribution in [0, 0.1) is 5.92 Å². The standard InChI is InChI=1S/C17H26N2/c1-19(12-14-9-17(18)10-14)11-13-6-7-15-4-2-3-5-16(15)8-13/h6-8,14,17H,2-5,9-12,18H2,1H3. The second-order valence-electron chi connectivity index (χ2n) is 6.60. The molecule has 1 aromatic carbocycles. The van der Waals surface area contributed by atoms with E-state index >= 15 is 0 Å². The average Bonchev–Trinajstić information content (AvgIpc) is 2.37. The van der Waals surface area contributed by atoms with E-state index in [0.717, 1.165) is 12.5 Å². The van der Waals surface area contributed by atoms with Crippen LogP contribution in [0.1, 0.15) is 42.4 Å². The van der Waals surface area contributed by atoms with Gasteiger partial charge in [0.25, 0.3) is 0 Å². The molecule has 2 nitrogen and oxygen atoms in total. The molecule has 0 saturated heterocycles. The van der Waals surface area contributed by atoms with Gasteiger partial charge in [-0.15, -0.1) is 0 Å². The van der Waals surface area contributed by atoms with E-state index in [4.69, 9.17) is 5.73 Å². The Morgan fingerprint density at radius 1 is 1.16 bits per heavy atom. The zero-order valence-corrected chi connectivity index (χ0v) is 12.1. The maximum absolute atomic E-state index is 5.85. The lowest BCUT2D eigenvalue weighted by Gasteiger charge is -2.35. The number of nitrogens with zero attached hydrogens (tertiary/aromatic N) is 1. The minimum Gasteiger partial charge on any atom is -0.328 e. The highest BCUT2D eigenvalue weighted by atomic mass is 15.1. The number of benzene rings is 1. The molecule has 0 atom stereocenters. The van der Waals surface area contributed by atoms with Gasteiger partial charge in [-0.25, -0.2) is 0 Å². The number of aryl methyl sites for hydroxylation is 2. The molecule has 2 aliphatic rings. The molecule has 104 valence electrons. The monoisotopic (exact) mass is 258 g/mol. The van der Waals surface area contributed by atoms with Gasteiger partial charge < -0.3 is 10.6 Å². The van der Waals surface area contributed by atoms with E-state index in [1.807, 2.05) is 0 Å². The van der Waals surface area contributed by atoms with Gasteiger partial charge in [0, 0.05) is 19.1 Å². The van der Waals surface area contributed by atoms with Crippen LogP contribution in [0.2, 0.25) is 0 Å². The molecule has 1 fully saturated rings. The van der Waals surface area contributed by atoms with Crippen molar-refractivity contribution in [1.29, 1.82) is 0 Å². The minimum absolute atomic E-state index is 0.474. The average molecular weight is 258 g/mol. The van der Waals surface area contributed by atoms with Crippen LogP contribution in [0.4, 0.5) is 0 Å². The zero-order valence-electron chi connectivity index (χ0n) is 12.1. The number of hydrogen-bond donors (Lipinski definition) is 1. The van der Waals surface area contributed by atoms with E-state index in [0.29, 0.717) is 6.04 Å². The van der Waals surface area contributed by atoms with Crippen molar-refractivity contribution in [3.05, 3.63) is 34.9 Å². The second kappa shape index (κ2) is 5.64. The van der Waals surface area contributed by atoms with Crippen LogP contribution < -0.4 is 5.73 Å². The first-order valence-electron chi connectivity index (χ1n) is 7.75. The van der Waals surface area contributed by atoms with E-state index in [1.165, 1.54) is 50.6 Å². The molecule has 0 unspecified atom stereocenters. The van der Waals surface area contributed by atoms with Gasteiger partial charge in [-0.3, -0.25) is 0 Å². The normalized spacial score (nSPS) is 26.1. The highest BCUT2D eigenvalue weighted by molar-refractivity contribution is 5.33. The SMILES string of the molecule is CN(Cc1ccc2c(c1)CCCC2)CC1CC(N)C1. The van der Waals surface area contributed by atoms with Crippen molar-refractivity contribution in [2.45, 2.75) is 51.1 Å². The van der Waals surface area contributed by atoms with Gasteiger partial charge in [-0.1, -0.05) is 18.2 Å². The zero-order chi connectivity index (χ0) is 13.2. The molecule has 3 rings (SSSR count). The third-order valence-corrected chi connectivity index (χ3v) is 4.71. The van der Waals surface area contributed by atoms with Gasteiger partial charge in [0.1, 0.15) is 0 Å². The highest BCUT2D eigenvalue weighted by Crippen LogP contribution is 2.27. The lowest BCUT2D eigenvalue weighted by atomic mass is 9.80. The molecule has 0 amide bonds. The first-order valence-corrected chi connectivity index (χ1v) is 7.75. The molecular formula is C17H26N2. The van der Waals surface area contributed by atoms with Crippen molar-refractivity contribution in [2.75, 3.05) is 13.6 Å². The van der Waals surface area contributed by atoms with Crippen molar-refractivity contribution in [3.8, 4) is 0 Å². The van der Waals surface area contributed by atoms with E-state index in [1.54, 1.807) is 11.1 Å². The quantitative estimate of drug-likeness (QED) is 0.900. The molecule has 19 heavy (non-hydrogen) atoms. The van der Waals surface area contributed by atoms with E-state index in [2.05, 4.69) is 30.1 Å². The van der Waals surface area contributed by atoms with Crippen LogP contribution >= 0.6 is 0 Å². The fraction of sp³-hybridized carbons (Fsp3) is 0.647. The van der Waals surface area contributed by atoms with Gasteiger partial charge in [-0.2, -0.15) is 0 Å². The summed E-state index contributed by atoms with van der Waals surface area (Å²) in [6.45, 7) is 2.28. The minimum atomic E-state index is 0.474. The Hall–Kier alpha value is -0.860. The summed E-state index contributed by atoms with van der Waals surface area (Å²) in [5, 5.41) is 0. The first kappa shape index (κ1) is 13.1. The van der Waals surface area contributed by atoms with Gasteiger partial charge in [0.2, 0.25) is 0 Å². The molecule has 0 spiro atoms. The molecule has 0 heterocycles. The predicted molar refractivity (Wildman–Crippen MR) is 80.1 cm³/mol. The van der Waals surface area contributed by atoms with E-state index < -0.39 is 0 Å². The fourth-order valence-electron chi connectivity index (χ4n) is 3.64. The summed E-state index contributed by atoms with van der Waals surface area (Å²) < 4.78 is 0. The molecule has 1 aromatic rings. The third-order valence-electron chi connectivity index (χ3n) is 4.71. The van der Waals surface area contributed by atoms with E-state index in [9.17, 15) is 0 Å². The first-order chi connectivity index (χ1) is 9.20. The Bertz CT molecular complexity index is 435. The Kier molecular flexibility index (Phi) is 3.90. The van der Waals surface area contributed by atoms with Crippen molar-refractivity contribution in [2.24, 2.45) is 11.7 Å². The van der Waals surface area contributed by atoms with Crippen LogP contribution in [-0.2, 0) is 19.4 Å². The molecule has 2 heteroatoms. The van der Waals surface area contributed by atoms with Gasteiger partial charge in [0.05, 0.1) is 0 Å². The molecule has 0 aliphatic heterocycles. The Morgan fingerprint density at radius 2 is 1.89 bits per heavy atom. The van der Waals surface area contributed by atoms with Crippen LogP contribution in [-0.4, -0.2) is 24.5 Å². The van der Waals surface area contributed by atoms with Gasteiger partial charge >= 0.3 is 0 Å². The van der Waals surface area contributed by atoms with E-state index in [-0.39, 0.29) is 0 Å². The molecule has 0 aromatic heterocycles. The highest BCUT2D eigenvalue weighted by Gasteiger charge is 2.26. The topological polar surface area (TPSA) is 29.3 Å². The number of fused-ring (bicyclic) bond motifs is 1. The van der Waals surface area contributed by atoms with Gasteiger partial charge in [0.15, 0.2) is 0 Å². The predicted octanol–water partition coefficient (Wildman–Crippen LogP) is 2.73. The Balaban J connectivity index is 1.57. The Labute approximate surface area is 117 Å². The summed E-state index contributed by atoms with van der Waals surface area (Å²) in [5.41, 5.74) is 10.5. The van der Waals surface area contributed by atoms with Crippen molar-refractivity contribution in [1.82, 2.24) is 4.90 Å². The van der Waals surface area contributed by atoms with Crippen molar-refractivity contribution >= 4 is 0 Å². The number of rotatable bonds is 4. The van der Waals surface area contributed by atoms with Crippen LogP contribution in [0.3, 0.4) is 0 Å². The molecule has 1 saturated carbocycles. The molecular weight excluding hydrogens is 232 g/mol. The summed E-state index contributed by atoms with van der Waals surface area (Å²) in [7, 11) is 2.24. The fourth-order valence-corrected chi connectivity index (χ4v) is 3.64. The summed E-state index contributed by atoms with van der Waals surface area (Å²) in [4.78, 5) is 2.46. The molecule has 0 bridgehead atoms. The Morgan fingerprint density at radius 3 is 2.63 bits per heavy atom. The lowest BCUT2D eigenvalue weighted by Crippen LogP contribution is -2.41. The maximum atomic E-state index is 5.85. The largest absolute Gasteiger partial charge is 0.328 e. The van der Waals surface area contributed by atoms with Crippen LogP contribution in [0.25, 0.3) is 0 Å². The smallest absolute Gasteiger partial charge is 0.0230 e. The number of hydrogen-bond acceptors (Lipinski definition) is 2. The summed E-state index contributed by atoms with van der Waals surface area (Å²) in [5.74, 6) is 0.831. The second-order valence-corrected chi connectivity index (χ2v) is 6.60. The maximum Gasteiger partial charge on any atom is 0.0230 e.